The fourth-order valence-corrected chi connectivity index (χ4v) is 2.03. The Bertz CT molecular complexity index is 273. The molecule has 0 aromatic heterocycles. The molecule has 0 aliphatic heterocycles. The first-order valence-corrected chi connectivity index (χ1v) is 6.23. The third kappa shape index (κ3) is 4.58. The summed E-state index contributed by atoms with van der Waals surface area (Å²) in [5, 5.41) is 0.667. The zero-order valence-corrected chi connectivity index (χ0v) is 10.2. The van der Waals surface area contributed by atoms with Crippen LogP contribution in [0, 0.1) is 0 Å². The van der Waals surface area contributed by atoms with Gasteiger partial charge in [-0.15, -0.1) is 11.8 Å². The maximum absolute atomic E-state index is 5.41. The molecule has 0 spiro atoms. The quantitative estimate of drug-likeness (QED) is 0.756. The van der Waals surface area contributed by atoms with Gasteiger partial charge in [0.2, 0.25) is 0 Å². The van der Waals surface area contributed by atoms with Gasteiger partial charge in [-0.25, -0.2) is 0 Å². The molecule has 2 nitrogen and oxygen atoms in total. The lowest BCUT2D eigenvalue weighted by Crippen LogP contribution is -2.10. The van der Waals surface area contributed by atoms with E-state index in [9.17, 15) is 0 Å². The Hall–Kier alpha value is -0.670. The van der Waals surface area contributed by atoms with Gasteiger partial charge in [0.1, 0.15) is 12.4 Å². The molecule has 0 saturated carbocycles. The zero-order chi connectivity index (χ0) is 11.1. The van der Waals surface area contributed by atoms with E-state index >= 15 is 0 Å². The fourth-order valence-electron chi connectivity index (χ4n) is 1.11. The van der Waals surface area contributed by atoms with Gasteiger partial charge in [-0.1, -0.05) is 13.8 Å². The first kappa shape index (κ1) is 12.4. The molecule has 1 aromatic carbocycles. The second-order valence-corrected chi connectivity index (χ2v) is 4.96. The van der Waals surface area contributed by atoms with E-state index in [0.29, 0.717) is 18.4 Å². The highest BCUT2D eigenvalue weighted by molar-refractivity contribution is 7.99. The van der Waals surface area contributed by atoms with Gasteiger partial charge >= 0.3 is 0 Å². The van der Waals surface area contributed by atoms with Crippen LogP contribution in [0.2, 0.25) is 0 Å². The molecule has 0 fully saturated rings. The number of benzene rings is 1. The highest BCUT2D eigenvalue weighted by atomic mass is 32.2. The van der Waals surface area contributed by atoms with Crippen molar-refractivity contribution >= 4 is 11.8 Å². The summed E-state index contributed by atoms with van der Waals surface area (Å²) in [5.41, 5.74) is 5.36. The van der Waals surface area contributed by atoms with Crippen LogP contribution in [0.15, 0.2) is 29.2 Å². The van der Waals surface area contributed by atoms with E-state index in [1.807, 2.05) is 23.9 Å². The van der Waals surface area contributed by atoms with Crippen LogP contribution in [0.25, 0.3) is 0 Å². The van der Waals surface area contributed by atoms with E-state index in [0.717, 1.165) is 5.75 Å². The largest absolute Gasteiger partial charge is 0.492 e. The summed E-state index contributed by atoms with van der Waals surface area (Å²) in [6.07, 6.45) is 1.19. The molecule has 3 heteroatoms. The van der Waals surface area contributed by atoms with Crippen molar-refractivity contribution in [1.82, 2.24) is 0 Å². The van der Waals surface area contributed by atoms with Crippen molar-refractivity contribution in [2.75, 3.05) is 13.2 Å². The molecule has 0 bridgehead atoms. The SMILES string of the molecule is CCC(C)Sc1ccc(OCCN)cc1. The number of ether oxygens (including phenoxy) is 1. The van der Waals surface area contributed by atoms with Crippen molar-refractivity contribution in [2.24, 2.45) is 5.73 Å². The van der Waals surface area contributed by atoms with Crippen molar-refractivity contribution in [2.45, 2.75) is 30.4 Å². The molecule has 0 amide bonds. The topological polar surface area (TPSA) is 35.2 Å². The summed E-state index contributed by atoms with van der Waals surface area (Å²) in [5.74, 6) is 0.897. The van der Waals surface area contributed by atoms with Crippen LogP contribution in [-0.4, -0.2) is 18.4 Å². The van der Waals surface area contributed by atoms with Gasteiger partial charge in [-0.05, 0) is 30.7 Å². The summed E-state index contributed by atoms with van der Waals surface area (Å²) in [6, 6.07) is 8.20. The number of hydrogen-bond acceptors (Lipinski definition) is 3. The summed E-state index contributed by atoms with van der Waals surface area (Å²) in [6.45, 7) is 5.58. The number of rotatable bonds is 6. The molecule has 0 saturated heterocycles. The highest BCUT2D eigenvalue weighted by Crippen LogP contribution is 2.26. The van der Waals surface area contributed by atoms with Crippen molar-refractivity contribution in [3.05, 3.63) is 24.3 Å². The number of hydrogen-bond donors (Lipinski definition) is 1. The molecule has 84 valence electrons. The van der Waals surface area contributed by atoms with Crippen LogP contribution in [-0.2, 0) is 0 Å². The maximum atomic E-state index is 5.41. The molecule has 0 radical (unpaired) electrons. The van der Waals surface area contributed by atoms with E-state index in [1.54, 1.807) is 0 Å². The molecule has 1 aromatic rings. The summed E-state index contributed by atoms with van der Waals surface area (Å²) >= 11 is 1.90. The molecule has 0 aliphatic carbocycles. The molecule has 2 N–H and O–H groups in total. The molecule has 0 heterocycles. The van der Waals surface area contributed by atoms with Gasteiger partial charge < -0.3 is 10.5 Å². The Morgan fingerprint density at radius 3 is 2.53 bits per heavy atom. The van der Waals surface area contributed by atoms with Gasteiger partial charge in [0.05, 0.1) is 0 Å². The normalized spacial score (nSPS) is 12.5. The molecular formula is C12H19NOS. The van der Waals surface area contributed by atoms with Crippen molar-refractivity contribution < 1.29 is 4.74 Å². The minimum absolute atomic E-state index is 0.559. The van der Waals surface area contributed by atoms with Crippen LogP contribution in [0.5, 0.6) is 5.75 Å². The molecule has 0 aliphatic rings. The minimum Gasteiger partial charge on any atom is -0.492 e. The van der Waals surface area contributed by atoms with Crippen LogP contribution in [0.3, 0.4) is 0 Å². The molecule has 1 atom stereocenters. The first-order valence-electron chi connectivity index (χ1n) is 5.35. The Balaban J connectivity index is 2.48. The van der Waals surface area contributed by atoms with Gasteiger partial charge in [0.25, 0.3) is 0 Å². The number of thioether (sulfide) groups is 1. The van der Waals surface area contributed by atoms with Crippen LogP contribution in [0.4, 0.5) is 0 Å². The van der Waals surface area contributed by atoms with Crippen LogP contribution < -0.4 is 10.5 Å². The third-order valence-electron chi connectivity index (χ3n) is 2.12. The summed E-state index contributed by atoms with van der Waals surface area (Å²) in [4.78, 5) is 1.30. The van der Waals surface area contributed by atoms with E-state index in [-0.39, 0.29) is 0 Å². The van der Waals surface area contributed by atoms with E-state index < -0.39 is 0 Å². The molecule has 15 heavy (non-hydrogen) atoms. The lowest BCUT2D eigenvalue weighted by molar-refractivity contribution is 0.328. The molecule has 1 unspecified atom stereocenters. The van der Waals surface area contributed by atoms with Crippen LogP contribution in [0.1, 0.15) is 20.3 Å². The zero-order valence-electron chi connectivity index (χ0n) is 9.40. The van der Waals surface area contributed by atoms with E-state index in [4.69, 9.17) is 10.5 Å². The maximum Gasteiger partial charge on any atom is 0.119 e. The van der Waals surface area contributed by atoms with Gasteiger partial charge in [0.15, 0.2) is 0 Å². The lowest BCUT2D eigenvalue weighted by atomic mass is 10.3. The standard InChI is InChI=1S/C12H19NOS/c1-3-10(2)15-12-6-4-11(5-7-12)14-9-8-13/h4-7,10H,3,8-9,13H2,1-2H3. The lowest BCUT2D eigenvalue weighted by Gasteiger charge is -2.09. The highest BCUT2D eigenvalue weighted by Gasteiger charge is 2.01. The van der Waals surface area contributed by atoms with Crippen LogP contribution >= 0.6 is 11.8 Å². The predicted octanol–water partition coefficient (Wildman–Crippen LogP) is 2.91. The Morgan fingerprint density at radius 1 is 1.33 bits per heavy atom. The van der Waals surface area contributed by atoms with Crippen molar-refractivity contribution in [3.8, 4) is 5.75 Å². The monoisotopic (exact) mass is 225 g/mol. The minimum atomic E-state index is 0.559. The molecular weight excluding hydrogens is 206 g/mol. The summed E-state index contributed by atoms with van der Waals surface area (Å²) < 4.78 is 5.41. The predicted molar refractivity (Wildman–Crippen MR) is 66.6 cm³/mol. The second kappa shape index (κ2) is 6.75. The number of nitrogens with two attached hydrogens (primary N) is 1. The molecule has 1 rings (SSSR count). The average Bonchev–Trinajstić information content (AvgIpc) is 2.28. The first-order chi connectivity index (χ1) is 7.26. The Morgan fingerprint density at radius 2 is 2.00 bits per heavy atom. The third-order valence-corrected chi connectivity index (χ3v) is 3.40. The van der Waals surface area contributed by atoms with Gasteiger partial charge in [-0.3, -0.25) is 0 Å². The van der Waals surface area contributed by atoms with Gasteiger partial charge in [0, 0.05) is 16.7 Å². The Kier molecular flexibility index (Phi) is 5.58. The van der Waals surface area contributed by atoms with E-state index in [2.05, 4.69) is 26.0 Å². The second-order valence-electron chi connectivity index (χ2n) is 3.45. The Labute approximate surface area is 96.2 Å². The van der Waals surface area contributed by atoms with E-state index in [1.165, 1.54) is 11.3 Å². The average molecular weight is 225 g/mol. The van der Waals surface area contributed by atoms with Crippen molar-refractivity contribution in [3.63, 3.8) is 0 Å². The smallest absolute Gasteiger partial charge is 0.119 e. The van der Waals surface area contributed by atoms with Gasteiger partial charge in [-0.2, -0.15) is 0 Å². The summed E-state index contributed by atoms with van der Waals surface area (Å²) in [7, 11) is 0. The van der Waals surface area contributed by atoms with Crippen molar-refractivity contribution in [1.29, 1.82) is 0 Å². The fraction of sp³-hybridized carbons (Fsp3) is 0.500.